The number of aromatic nitrogens is 4. The van der Waals surface area contributed by atoms with Crippen LogP contribution in [0.1, 0.15) is 10.4 Å². The largest absolute Gasteiger partial charge is 0.305 e. The van der Waals surface area contributed by atoms with Crippen LogP contribution in [0.5, 0.6) is 0 Å². The van der Waals surface area contributed by atoms with E-state index in [4.69, 9.17) is 0 Å². The van der Waals surface area contributed by atoms with Gasteiger partial charge >= 0.3 is 0 Å². The highest BCUT2D eigenvalue weighted by atomic mass is 79.9. The zero-order valence-electron chi connectivity index (χ0n) is 10.1. The van der Waals surface area contributed by atoms with Gasteiger partial charge in [-0.1, -0.05) is 0 Å². The third-order valence-electron chi connectivity index (χ3n) is 2.59. The molecule has 0 unspecified atom stereocenters. The molecule has 0 aliphatic heterocycles. The molecule has 2 heterocycles. The van der Waals surface area contributed by atoms with Crippen LogP contribution < -0.4 is 5.32 Å². The van der Waals surface area contributed by atoms with E-state index in [1.807, 2.05) is 0 Å². The maximum Gasteiger partial charge on any atom is 0.256 e. The lowest BCUT2D eigenvalue weighted by Crippen LogP contribution is -2.13. The Morgan fingerprint density at radius 3 is 2.55 bits per heavy atom. The third kappa shape index (κ3) is 2.62. The Hall–Kier alpha value is -2.41. The van der Waals surface area contributed by atoms with Crippen LogP contribution in [-0.2, 0) is 0 Å². The van der Waals surface area contributed by atoms with Crippen LogP contribution in [0.2, 0.25) is 0 Å². The van der Waals surface area contributed by atoms with Gasteiger partial charge in [-0.15, -0.1) is 0 Å². The Labute approximate surface area is 122 Å². The molecule has 3 rings (SSSR count). The molecule has 0 atom stereocenters. The minimum Gasteiger partial charge on any atom is -0.305 e. The zero-order chi connectivity index (χ0) is 13.9. The zero-order valence-corrected chi connectivity index (χ0v) is 11.7. The highest BCUT2D eigenvalue weighted by Gasteiger charge is 2.08. The van der Waals surface area contributed by atoms with Crippen LogP contribution in [0.15, 0.2) is 47.6 Å². The topological polar surface area (TPSA) is 80.7 Å². The van der Waals surface area contributed by atoms with Gasteiger partial charge in [0.2, 0.25) is 0 Å². The summed E-state index contributed by atoms with van der Waals surface area (Å²) in [6.07, 6.45) is 6.19. The molecule has 0 fully saturated rings. The molecule has 2 aromatic heterocycles. The van der Waals surface area contributed by atoms with Crippen molar-refractivity contribution in [3.05, 3.63) is 53.2 Å². The van der Waals surface area contributed by atoms with Crippen LogP contribution >= 0.6 is 15.9 Å². The van der Waals surface area contributed by atoms with Gasteiger partial charge in [0, 0.05) is 18.0 Å². The monoisotopic (exact) mass is 329 g/mol. The van der Waals surface area contributed by atoms with E-state index in [9.17, 15) is 4.79 Å². The number of nitrogens with one attached hydrogen (secondary N) is 1. The van der Waals surface area contributed by atoms with E-state index >= 15 is 0 Å². The quantitative estimate of drug-likeness (QED) is 0.780. The standard InChI is InChI=1S/C13H8BrN5O/c14-11-6-18-12(7-17-11)19-13(20)8-1-2-9-10(5-8)16-4-3-15-9/h1-7H,(H,18,19,20). The van der Waals surface area contributed by atoms with Crippen molar-refractivity contribution in [1.29, 1.82) is 0 Å². The van der Waals surface area contributed by atoms with Gasteiger partial charge in [0.15, 0.2) is 5.82 Å². The first-order valence-electron chi connectivity index (χ1n) is 5.72. The second kappa shape index (κ2) is 5.30. The van der Waals surface area contributed by atoms with Crippen molar-refractivity contribution in [2.75, 3.05) is 5.32 Å². The fourth-order valence-electron chi connectivity index (χ4n) is 1.67. The Bertz CT molecular complexity index is 775. The average Bonchev–Trinajstić information content (AvgIpc) is 2.49. The molecule has 0 spiro atoms. The van der Waals surface area contributed by atoms with Crippen molar-refractivity contribution in [1.82, 2.24) is 19.9 Å². The van der Waals surface area contributed by atoms with Crippen molar-refractivity contribution < 1.29 is 4.79 Å². The molecule has 6 nitrogen and oxygen atoms in total. The van der Waals surface area contributed by atoms with Gasteiger partial charge in [-0.25, -0.2) is 9.97 Å². The van der Waals surface area contributed by atoms with Gasteiger partial charge in [0.05, 0.1) is 23.4 Å². The number of hydrogen-bond donors (Lipinski definition) is 1. The second-order valence-corrected chi connectivity index (χ2v) is 4.75. The molecule has 0 aliphatic rings. The molecule has 0 radical (unpaired) electrons. The summed E-state index contributed by atoms with van der Waals surface area (Å²) < 4.78 is 0.608. The van der Waals surface area contributed by atoms with Gasteiger partial charge in [0.25, 0.3) is 5.91 Å². The summed E-state index contributed by atoms with van der Waals surface area (Å²) in [5, 5.41) is 2.67. The molecule has 0 bridgehead atoms. The minimum absolute atomic E-state index is 0.269. The first kappa shape index (κ1) is 12.6. The number of benzene rings is 1. The Balaban J connectivity index is 1.86. The maximum atomic E-state index is 12.1. The van der Waals surface area contributed by atoms with Crippen molar-refractivity contribution >= 4 is 38.7 Å². The van der Waals surface area contributed by atoms with E-state index in [1.54, 1.807) is 30.6 Å². The molecule has 0 saturated carbocycles. The molecular weight excluding hydrogens is 322 g/mol. The number of halogens is 1. The predicted octanol–water partition coefficient (Wildman–Crippen LogP) is 2.43. The van der Waals surface area contributed by atoms with E-state index in [2.05, 4.69) is 41.2 Å². The Morgan fingerprint density at radius 2 is 1.80 bits per heavy atom. The van der Waals surface area contributed by atoms with Gasteiger partial charge in [-0.05, 0) is 34.1 Å². The van der Waals surface area contributed by atoms with E-state index < -0.39 is 0 Å². The Morgan fingerprint density at radius 1 is 1.00 bits per heavy atom. The molecule has 7 heteroatoms. The average molecular weight is 330 g/mol. The molecule has 1 amide bonds. The summed E-state index contributed by atoms with van der Waals surface area (Å²) in [7, 11) is 0. The van der Waals surface area contributed by atoms with Gasteiger partial charge in [-0.2, -0.15) is 0 Å². The second-order valence-electron chi connectivity index (χ2n) is 3.94. The number of fused-ring (bicyclic) bond motifs is 1. The van der Waals surface area contributed by atoms with E-state index in [0.717, 1.165) is 5.52 Å². The number of hydrogen-bond acceptors (Lipinski definition) is 5. The van der Waals surface area contributed by atoms with Crippen molar-refractivity contribution in [3.63, 3.8) is 0 Å². The van der Waals surface area contributed by atoms with Gasteiger partial charge in [-0.3, -0.25) is 14.8 Å². The van der Waals surface area contributed by atoms with Crippen molar-refractivity contribution in [2.24, 2.45) is 0 Å². The van der Waals surface area contributed by atoms with E-state index in [-0.39, 0.29) is 5.91 Å². The lowest BCUT2D eigenvalue weighted by atomic mass is 10.2. The predicted molar refractivity (Wildman–Crippen MR) is 77.2 cm³/mol. The fraction of sp³-hybridized carbons (Fsp3) is 0. The maximum absolute atomic E-state index is 12.1. The number of amides is 1. The summed E-state index contributed by atoms with van der Waals surface area (Å²) in [6.45, 7) is 0. The summed E-state index contributed by atoms with van der Waals surface area (Å²) in [5.41, 5.74) is 1.90. The normalized spacial score (nSPS) is 10.4. The summed E-state index contributed by atoms with van der Waals surface area (Å²) in [5.74, 6) is 0.117. The molecular formula is C13H8BrN5O. The van der Waals surface area contributed by atoms with E-state index in [1.165, 1.54) is 12.4 Å². The number of rotatable bonds is 2. The highest BCUT2D eigenvalue weighted by Crippen LogP contribution is 2.13. The fourth-order valence-corrected chi connectivity index (χ4v) is 1.87. The van der Waals surface area contributed by atoms with Gasteiger partial charge in [0.1, 0.15) is 4.60 Å². The van der Waals surface area contributed by atoms with Crippen LogP contribution in [0.3, 0.4) is 0 Å². The first-order valence-corrected chi connectivity index (χ1v) is 6.51. The lowest BCUT2D eigenvalue weighted by Gasteiger charge is -2.04. The molecule has 1 N–H and O–H groups in total. The molecule has 3 aromatic rings. The molecule has 98 valence electrons. The number of carbonyl (C=O) groups is 1. The number of anilines is 1. The third-order valence-corrected chi connectivity index (χ3v) is 3.00. The summed E-state index contributed by atoms with van der Waals surface area (Å²) >= 11 is 3.18. The molecule has 0 saturated heterocycles. The molecule has 0 aliphatic carbocycles. The van der Waals surface area contributed by atoms with Crippen LogP contribution in [0, 0.1) is 0 Å². The molecule has 1 aromatic carbocycles. The van der Waals surface area contributed by atoms with Gasteiger partial charge < -0.3 is 5.32 Å². The van der Waals surface area contributed by atoms with E-state index in [0.29, 0.717) is 21.5 Å². The SMILES string of the molecule is O=C(Nc1cnc(Br)cn1)c1ccc2nccnc2c1. The van der Waals surface area contributed by atoms with Crippen molar-refractivity contribution in [2.45, 2.75) is 0 Å². The minimum atomic E-state index is -0.269. The van der Waals surface area contributed by atoms with Crippen LogP contribution in [0.4, 0.5) is 5.82 Å². The van der Waals surface area contributed by atoms with Crippen LogP contribution in [0.25, 0.3) is 11.0 Å². The van der Waals surface area contributed by atoms with Crippen molar-refractivity contribution in [3.8, 4) is 0 Å². The lowest BCUT2D eigenvalue weighted by molar-refractivity contribution is 0.102. The molecule has 20 heavy (non-hydrogen) atoms. The first-order chi connectivity index (χ1) is 9.72. The number of nitrogens with zero attached hydrogens (tertiary/aromatic N) is 4. The number of carbonyl (C=O) groups excluding carboxylic acids is 1. The highest BCUT2D eigenvalue weighted by molar-refractivity contribution is 9.10. The summed E-state index contributed by atoms with van der Waals surface area (Å²) in [4.78, 5) is 28.5. The Kier molecular flexibility index (Phi) is 3.34. The van der Waals surface area contributed by atoms with Crippen LogP contribution in [-0.4, -0.2) is 25.8 Å². The summed E-state index contributed by atoms with van der Waals surface area (Å²) in [6, 6.07) is 5.13. The smallest absolute Gasteiger partial charge is 0.256 e.